The van der Waals surface area contributed by atoms with Crippen molar-refractivity contribution in [2.75, 3.05) is 5.32 Å². The molecule has 5 aromatic rings. The van der Waals surface area contributed by atoms with Crippen LogP contribution in [-0.4, -0.2) is 30.7 Å². The zero-order valence-corrected chi connectivity index (χ0v) is 16.8. The van der Waals surface area contributed by atoms with Crippen molar-refractivity contribution in [3.63, 3.8) is 0 Å². The number of aromatic nitrogens is 5. The van der Waals surface area contributed by atoms with Gasteiger partial charge in [0.2, 0.25) is 0 Å². The number of benzene rings is 1. The molecule has 0 bridgehead atoms. The predicted molar refractivity (Wildman–Crippen MR) is 111 cm³/mol. The Morgan fingerprint density at radius 3 is 2.97 bits per heavy atom. The topological polar surface area (TPSA) is 98.2 Å². The van der Waals surface area contributed by atoms with Crippen molar-refractivity contribution in [2.24, 2.45) is 0 Å². The molecule has 1 amide bonds. The molecule has 8 nitrogen and oxygen atoms in total. The summed E-state index contributed by atoms with van der Waals surface area (Å²) in [5.74, 6) is 0.996. The first kappa shape index (κ1) is 17.8. The van der Waals surface area contributed by atoms with Crippen LogP contribution in [0.4, 0.5) is 5.82 Å². The third-order valence-electron chi connectivity index (χ3n) is 4.28. The average molecular weight is 422 g/mol. The van der Waals surface area contributed by atoms with Gasteiger partial charge in [0.25, 0.3) is 5.91 Å². The SMILES string of the molecule is Cc1nnc(SCc2c(C(=O)Nc3ccnc4ccnn34)oc3ccccc23)s1. The van der Waals surface area contributed by atoms with Crippen molar-refractivity contribution in [1.82, 2.24) is 24.8 Å². The van der Waals surface area contributed by atoms with E-state index in [-0.39, 0.29) is 11.7 Å². The molecule has 0 atom stereocenters. The lowest BCUT2D eigenvalue weighted by molar-refractivity contribution is 0.0997. The fourth-order valence-corrected chi connectivity index (χ4v) is 4.84. The Hall–Kier alpha value is -3.24. The third kappa shape index (κ3) is 3.36. The van der Waals surface area contributed by atoms with Crippen LogP contribution < -0.4 is 5.32 Å². The zero-order chi connectivity index (χ0) is 19.8. The van der Waals surface area contributed by atoms with Gasteiger partial charge in [-0.05, 0) is 19.1 Å². The summed E-state index contributed by atoms with van der Waals surface area (Å²) in [7, 11) is 0. The summed E-state index contributed by atoms with van der Waals surface area (Å²) in [6.07, 6.45) is 3.26. The van der Waals surface area contributed by atoms with Crippen LogP contribution in [0.15, 0.2) is 57.5 Å². The summed E-state index contributed by atoms with van der Waals surface area (Å²) in [5.41, 5.74) is 2.14. The molecule has 0 spiro atoms. The van der Waals surface area contributed by atoms with Gasteiger partial charge in [-0.2, -0.15) is 9.61 Å². The number of carbonyl (C=O) groups excluding carboxylic acids is 1. The van der Waals surface area contributed by atoms with Gasteiger partial charge >= 0.3 is 0 Å². The molecule has 0 radical (unpaired) electrons. The maximum Gasteiger partial charge on any atom is 0.292 e. The molecule has 0 aliphatic rings. The van der Waals surface area contributed by atoms with Crippen LogP contribution in [0.1, 0.15) is 21.1 Å². The van der Waals surface area contributed by atoms with E-state index in [1.54, 1.807) is 29.0 Å². The van der Waals surface area contributed by atoms with Gasteiger partial charge in [-0.1, -0.05) is 41.3 Å². The van der Waals surface area contributed by atoms with Gasteiger partial charge in [-0.15, -0.1) is 10.2 Å². The van der Waals surface area contributed by atoms with Gasteiger partial charge in [-0.25, -0.2) is 4.98 Å². The van der Waals surface area contributed by atoms with Gasteiger partial charge in [0.1, 0.15) is 16.4 Å². The Morgan fingerprint density at radius 1 is 1.21 bits per heavy atom. The van der Waals surface area contributed by atoms with E-state index in [0.29, 0.717) is 22.8 Å². The number of thioether (sulfide) groups is 1. The molecular weight excluding hydrogens is 408 g/mol. The van der Waals surface area contributed by atoms with E-state index < -0.39 is 0 Å². The smallest absolute Gasteiger partial charge is 0.292 e. The molecule has 0 aliphatic heterocycles. The van der Waals surface area contributed by atoms with E-state index in [4.69, 9.17) is 4.42 Å². The molecular formula is C19H14N6O2S2. The average Bonchev–Trinajstić information content (AvgIpc) is 3.44. The van der Waals surface area contributed by atoms with Gasteiger partial charge in [0.15, 0.2) is 15.7 Å². The number of anilines is 1. The second kappa shape index (κ2) is 7.30. The monoisotopic (exact) mass is 422 g/mol. The van der Waals surface area contributed by atoms with E-state index in [2.05, 4.69) is 25.6 Å². The summed E-state index contributed by atoms with van der Waals surface area (Å²) < 4.78 is 8.34. The number of amides is 1. The number of nitrogens with zero attached hydrogens (tertiary/aromatic N) is 5. The third-order valence-corrected chi connectivity index (χ3v) is 6.28. The number of aryl methyl sites for hydroxylation is 1. The molecule has 0 aliphatic carbocycles. The highest BCUT2D eigenvalue weighted by Gasteiger charge is 2.22. The molecule has 10 heteroatoms. The molecule has 1 N–H and O–H groups in total. The Bertz CT molecular complexity index is 1340. The number of hydrogen-bond donors (Lipinski definition) is 1. The lowest BCUT2D eigenvalue weighted by Crippen LogP contribution is -2.15. The lowest BCUT2D eigenvalue weighted by atomic mass is 10.1. The zero-order valence-electron chi connectivity index (χ0n) is 15.2. The summed E-state index contributed by atoms with van der Waals surface area (Å²) in [6.45, 7) is 1.92. The standard InChI is InChI=1S/C19H14N6O2S2/c1-11-23-24-19(29-11)28-10-13-12-4-2-3-5-14(12)27-17(13)18(26)22-16-6-8-20-15-7-9-21-25(15)16/h2-9H,10H2,1H3,(H,22,26). The van der Waals surface area contributed by atoms with Crippen molar-refractivity contribution < 1.29 is 9.21 Å². The van der Waals surface area contributed by atoms with Crippen LogP contribution in [0.2, 0.25) is 0 Å². The first-order valence-corrected chi connectivity index (χ1v) is 10.5. The fraction of sp³-hybridized carbons (Fsp3) is 0.105. The van der Waals surface area contributed by atoms with Gasteiger partial charge in [0, 0.05) is 29.0 Å². The van der Waals surface area contributed by atoms with Crippen molar-refractivity contribution in [3.8, 4) is 0 Å². The quantitative estimate of drug-likeness (QED) is 0.424. The molecule has 1 aromatic carbocycles. The minimum absolute atomic E-state index is 0.275. The highest BCUT2D eigenvalue weighted by molar-refractivity contribution is 8.00. The van der Waals surface area contributed by atoms with Crippen molar-refractivity contribution in [3.05, 3.63) is 65.1 Å². The maximum atomic E-state index is 13.1. The van der Waals surface area contributed by atoms with Gasteiger partial charge < -0.3 is 9.73 Å². The molecule has 0 saturated heterocycles. The predicted octanol–water partition coefficient (Wildman–Crippen LogP) is 4.18. The molecule has 4 heterocycles. The number of carbonyl (C=O) groups is 1. The normalized spacial score (nSPS) is 11.3. The van der Waals surface area contributed by atoms with E-state index in [9.17, 15) is 4.79 Å². The fourth-order valence-electron chi connectivity index (χ4n) is 3.00. The first-order valence-electron chi connectivity index (χ1n) is 8.72. The Balaban J connectivity index is 1.49. The Morgan fingerprint density at radius 2 is 2.10 bits per heavy atom. The molecule has 0 unspecified atom stereocenters. The molecule has 29 heavy (non-hydrogen) atoms. The van der Waals surface area contributed by atoms with Crippen molar-refractivity contribution in [2.45, 2.75) is 17.0 Å². The van der Waals surface area contributed by atoms with E-state index >= 15 is 0 Å². The van der Waals surface area contributed by atoms with Crippen molar-refractivity contribution >= 4 is 51.4 Å². The summed E-state index contributed by atoms with van der Waals surface area (Å²) in [4.78, 5) is 17.3. The first-order chi connectivity index (χ1) is 14.2. The van der Waals surface area contributed by atoms with E-state index in [1.165, 1.54) is 23.1 Å². The van der Waals surface area contributed by atoms with Crippen LogP contribution in [0.5, 0.6) is 0 Å². The second-order valence-electron chi connectivity index (χ2n) is 6.17. The van der Waals surface area contributed by atoms with Crippen LogP contribution in [0.25, 0.3) is 16.6 Å². The molecule has 0 saturated carbocycles. The van der Waals surface area contributed by atoms with Crippen LogP contribution >= 0.6 is 23.1 Å². The summed E-state index contributed by atoms with van der Waals surface area (Å²) in [6, 6.07) is 11.1. The van der Waals surface area contributed by atoms with Gasteiger partial charge in [0.05, 0.1) is 6.20 Å². The minimum atomic E-state index is -0.340. The summed E-state index contributed by atoms with van der Waals surface area (Å²) in [5, 5.41) is 17.1. The maximum absolute atomic E-state index is 13.1. The molecule has 4 aromatic heterocycles. The van der Waals surface area contributed by atoms with E-state index in [1.807, 2.05) is 31.2 Å². The van der Waals surface area contributed by atoms with Crippen molar-refractivity contribution in [1.29, 1.82) is 0 Å². The highest BCUT2D eigenvalue weighted by atomic mass is 32.2. The van der Waals surface area contributed by atoms with Crippen LogP contribution in [0, 0.1) is 6.92 Å². The molecule has 0 fully saturated rings. The highest BCUT2D eigenvalue weighted by Crippen LogP contribution is 2.33. The number of nitrogens with one attached hydrogen (secondary N) is 1. The second-order valence-corrected chi connectivity index (χ2v) is 8.57. The number of furan rings is 1. The largest absolute Gasteiger partial charge is 0.451 e. The van der Waals surface area contributed by atoms with Gasteiger partial charge in [-0.3, -0.25) is 4.79 Å². The number of fused-ring (bicyclic) bond motifs is 2. The number of para-hydroxylation sites is 1. The minimum Gasteiger partial charge on any atom is -0.451 e. The Kier molecular flexibility index (Phi) is 4.49. The van der Waals surface area contributed by atoms with E-state index in [0.717, 1.165) is 20.3 Å². The molecule has 144 valence electrons. The Labute approximate surface area is 173 Å². The lowest BCUT2D eigenvalue weighted by Gasteiger charge is -2.06. The molecule has 5 rings (SSSR count). The van der Waals surface area contributed by atoms with Crippen LogP contribution in [0.3, 0.4) is 0 Å². The van der Waals surface area contributed by atoms with Crippen LogP contribution in [-0.2, 0) is 5.75 Å². The number of hydrogen-bond acceptors (Lipinski definition) is 8. The summed E-state index contributed by atoms with van der Waals surface area (Å²) >= 11 is 3.06. The number of rotatable bonds is 5.